The van der Waals surface area contributed by atoms with Crippen molar-refractivity contribution in [1.29, 1.82) is 0 Å². The number of piperidine rings is 1. The largest absolute Gasteiger partial charge is 0.497 e. The molecular formula is C24H33F3N4O6. The Kier molecular flexibility index (Phi) is 8.90. The van der Waals surface area contributed by atoms with E-state index in [0.717, 1.165) is 51.1 Å². The van der Waals surface area contributed by atoms with Crippen LogP contribution in [0.5, 0.6) is 5.75 Å². The molecule has 1 aromatic rings. The van der Waals surface area contributed by atoms with E-state index in [4.69, 9.17) is 19.4 Å². The van der Waals surface area contributed by atoms with Gasteiger partial charge in [-0.15, -0.1) is 0 Å². The number of alkyl halides is 3. The van der Waals surface area contributed by atoms with E-state index in [0.29, 0.717) is 25.4 Å². The molecule has 3 saturated heterocycles. The number of hydrogen-bond donors (Lipinski definition) is 3. The first-order valence-corrected chi connectivity index (χ1v) is 12.0. The third-order valence-corrected chi connectivity index (χ3v) is 7.49. The minimum Gasteiger partial charge on any atom is -0.497 e. The van der Waals surface area contributed by atoms with Crippen molar-refractivity contribution in [2.45, 2.75) is 25.4 Å². The highest BCUT2D eigenvalue weighted by Crippen LogP contribution is 2.56. The van der Waals surface area contributed by atoms with E-state index in [1.165, 1.54) is 0 Å². The van der Waals surface area contributed by atoms with Crippen LogP contribution in [0.3, 0.4) is 0 Å². The lowest BCUT2D eigenvalue weighted by Gasteiger charge is -2.46. The molecule has 3 N–H and O–H groups in total. The average Bonchev–Trinajstić information content (AvgIpc) is 3.38. The number of carboxylic acids is 1. The summed E-state index contributed by atoms with van der Waals surface area (Å²) in [6, 6.07) is 7.27. The summed E-state index contributed by atoms with van der Waals surface area (Å²) in [5.74, 6) is -1.86. The smallest absolute Gasteiger partial charge is 0.490 e. The number of carbonyl (C=O) groups excluding carboxylic acids is 2. The lowest BCUT2D eigenvalue weighted by Crippen LogP contribution is -2.53. The molecule has 1 aromatic carbocycles. The van der Waals surface area contributed by atoms with Crippen molar-refractivity contribution in [3.05, 3.63) is 24.3 Å². The number of hydrogen-bond acceptors (Lipinski definition) is 6. The maximum atomic E-state index is 12.9. The molecule has 3 fully saturated rings. The first-order valence-electron chi connectivity index (χ1n) is 12.0. The molecule has 2 spiro atoms. The Morgan fingerprint density at radius 2 is 1.84 bits per heavy atom. The van der Waals surface area contributed by atoms with Gasteiger partial charge in [-0.25, -0.2) is 9.59 Å². The number of aliphatic carboxylic acids is 1. The quantitative estimate of drug-likeness (QED) is 0.535. The predicted molar refractivity (Wildman–Crippen MR) is 127 cm³/mol. The zero-order valence-corrected chi connectivity index (χ0v) is 20.9. The Morgan fingerprint density at radius 3 is 2.38 bits per heavy atom. The Bertz CT molecular complexity index is 983. The van der Waals surface area contributed by atoms with Crippen LogP contribution in [-0.4, -0.2) is 99.1 Å². The Morgan fingerprint density at radius 1 is 1.16 bits per heavy atom. The number of likely N-dealkylation sites (tertiary alicyclic amines) is 2. The Hall–Kier alpha value is -3.06. The lowest BCUT2D eigenvalue weighted by molar-refractivity contribution is -0.192. The van der Waals surface area contributed by atoms with Crippen LogP contribution in [0.2, 0.25) is 0 Å². The van der Waals surface area contributed by atoms with E-state index in [1.807, 2.05) is 29.2 Å². The number of carboxylic acid groups (broad SMARTS) is 1. The normalized spacial score (nSPS) is 22.9. The molecule has 0 aliphatic carbocycles. The van der Waals surface area contributed by atoms with Crippen molar-refractivity contribution in [3.63, 3.8) is 0 Å². The number of methoxy groups -OCH3 is 2. The van der Waals surface area contributed by atoms with Gasteiger partial charge in [0.1, 0.15) is 5.75 Å². The number of fused-ring (bicyclic) bond motifs is 1. The highest BCUT2D eigenvalue weighted by molar-refractivity contribution is 5.90. The summed E-state index contributed by atoms with van der Waals surface area (Å²) in [5.41, 5.74) is 0.308. The third-order valence-electron chi connectivity index (χ3n) is 7.49. The monoisotopic (exact) mass is 530 g/mol. The average molecular weight is 531 g/mol. The minimum absolute atomic E-state index is 0.0753. The summed E-state index contributed by atoms with van der Waals surface area (Å²) in [6.07, 6.45) is -2.52. The number of amides is 3. The van der Waals surface area contributed by atoms with Gasteiger partial charge in [-0.3, -0.25) is 9.69 Å². The number of anilines is 1. The molecule has 206 valence electrons. The van der Waals surface area contributed by atoms with Crippen molar-refractivity contribution < 1.29 is 42.1 Å². The van der Waals surface area contributed by atoms with Gasteiger partial charge in [0.05, 0.1) is 19.1 Å². The maximum Gasteiger partial charge on any atom is 0.490 e. The van der Waals surface area contributed by atoms with Crippen LogP contribution in [0.25, 0.3) is 0 Å². The van der Waals surface area contributed by atoms with Crippen LogP contribution in [0, 0.1) is 10.8 Å². The second kappa shape index (κ2) is 11.5. The molecule has 0 radical (unpaired) electrons. The molecule has 1 atom stereocenters. The number of nitrogens with zero attached hydrogens (tertiary/aromatic N) is 2. The standard InChI is InChI=1S/C22H32N4O4.C2HF3O2/c1-29-13-12-25-15-21(22(16-25)6-9-23-19(22)27)7-10-26(11-8-21)20(28)24-17-4-3-5-18(14-17)30-2;3-2(4,5)1(6)7/h3-5,14H,6-13,15-16H2,1-2H3,(H,23,27)(H,24,28);(H,6,7). The highest BCUT2D eigenvalue weighted by atomic mass is 19.4. The SMILES string of the molecule is COCCN1CC2(CCN(C(=O)Nc3cccc(OC)c3)CC2)C2(CCNC2=O)C1.O=C(O)C(F)(F)F. The van der Waals surface area contributed by atoms with Crippen LogP contribution in [0.1, 0.15) is 19.3 Å². The van der Waals surface area contributed by atoms with Gasteiger partial charge in [0.25, 0.3) is 0 Å². The van der Waals surface area contributed by atoms with Crippen molar-refractivity contribution in [1.82, 2.24) is 15.1 Å². The molecule has 13 heteroatoms. The second-order valence-corrected chi connectivity index (χ2v) is 9.52. The van der Waals surface area contributed by atoms with Gasteiger partial charge < -0.3 is 30.1 Å². The second-order valence-electron chi connectivity index (χ2n) is 9.52. The molecule has 4 rings (SSSR count). The van der Waals surface area contributed by atoms with E-state index in [2.05, 4.69) is 15.5 Å². The van der Waals surface area contributed by atoms with Crippen LogP contribution >= 0.6 is 0 Å². The molecule has 0 aromatic heterocycles. The van der Waals surface area contributed by atoms with E-state index in [9.17, 15) is 22.8 Å². The Labute approximate surface area is 213 Å². The Balaban J connectivity index is 0.000000479. The summed E-state index contributed by atoms with van der Waals surface area (Å²) < 4.78 is 42.2. The highest BCUT2D eigenvalue weighted by Gasteiger charge is 2.63. The van der Waals surface area contributed by atoms with Crippen molar-refractivity contribution in [2.75, 3.05) is 65.4 Å². The van der Waals surface area contributed by atoms with Crippen LogP contribution < -0.4 is 15.4 Å². The number of halogens is 3. The van der Waals surface area contributed by atoms with E-state index < -0.39 is 12.1 Å². The fraction of sp³-hybridized carbons (Fsp3) is 0.625. The number of nitrogens with one attached hydrogen (secondary N) is 2. The van der Waals surface area contributed by atoms with E-state index >= 15 is 0 Å². The summed E-state index contributed by atoms with van der Waals surface area (Å²) >= 11 is 0. The van der Waals surface area contributed by atoms with Gasteiger partial charge in [0.15, 0.2) is 0 Å². The van der Waals surface area contributed by atoms with Crippen molar-refractivity contribution >= 4 is 23.6 Å². The summed E-state index contributed by atoms with van der Waals surface area (Å²) in [4.78, 5) is 38.9. The number of rotatable bonds is 5. The first kappa shape index (κ1) is 28.5. The molecular weight excluding hydrogens is 497 g/mol. The van der Waals surface area contributed by atoms with Crippen molar-refractivity contribution in [3.8, 4) is 5.75 Å². The molecule has 3 amide bonds. The van der Waals surface area contributed by atoms with E-state index in [-0.39, 0.29) is 22.8 Å². The molecule has 3 aliphatic rings. The fourth-order valence-electron chi connectivity index (χ4n) is 5.57. The van der Waals surface area contributed by atoms with Gasteiger partial charge in [-0.1, -0.05) is 6.07 Å². The minimum atomic E-state index is -5.08. The topological polar surface area (TPSA) is 120 Å². The summed E-state index contributed by atoms with van der Waals surface area (Å²) in [7, 11) is 3.32. The van der Waals surface area contributed by atoms with Gasteiger partial charge in [0.2, 0.25) is 5.91 Å². The molecule has 10 nitrogen and oxygen atoms in total. The van der Waals surface area contributed by atoms with Crippen LogP contribution in [0.4, 0.5) is 23.7 Å². The molecule has 37 heavy (non-hydrogen) atoms. The maximum absolute atomic E-state index is 12.9. The fourth-order valence-corrected chi connectivity index (χ4v) is 5.57. The lowest BCUT2D eigenvalue weighted by atomic mass is 9.60. The van der Waals surface area contributed by atoms with Gasteiger partial charge in [0, 0.05) is 63.5 Å². The number of ether oxygens (including phenoxy) is 2. The summed E-state index contributed by atoms with van der Waals surface area (Å²) in [6.45, 7) is 5.26. The summed E-state index contributed by atoms with van der Waals surface area (Å²) in [5, 5.41) is 13.2. The molecule has 3 aliphatic heterocycles. The van der Waals surface area contributed by atoms with Gasteiger partial charge in [-0.05, 0) is 31.4 Å². The molecule has 0 saturated carbocycles. The van der Waals surface area contributed by atoms with E-state index in [1.54, 1.807) is 14.2 Å². The predicted octanol–water partition coefficient (Wildman–Crippen LogP) is 2.41. The van der Waals surface area contributed by atoms with Crippen molar-refractivity contribution in [2.24, 2.45) is 10.8 Å². The third kappa shape index (κ3) is 6.27. The first-order chi connectivity index (χ1) is 17.5. The number of benzene rings is 1. The zero-order valence-electron chi connectivity index (χ0n) is 20.9. The molecule has 3 heterocycles. The molecule has 1 unspecified atom stereocenters. The van der Waals surface area contributed by atoms with Crippen LogP contribution in [0.15, 0.2) is 24.3 Å². The van der Waals surface area contributed by atoms with Crippen LogP contribution in [-0.2, 0) is 14.3 Å². The molecule has 0 bridgehead atoms. The number of urea groups is 1. The van der Waals surface area contributed by atoms with Gasteiger partial charge in [-0.2, -0.15) is 13.2 Å². The zero-order chi connectivity index (χ0) is 27.3. The van der Waals surface area contributed by atoms with Gasteiger partial charge >= 0.3 is 18.2 Å². The number of carbonyl (C=O) groups is 3.